The van der Waals surface area contributed by atoms with E-state index in [9.17, 15) is 31.5 Å². The fourth-order valence-electron chi connectivity index (χ4n) is 2.96. The Labute approximate surface area is 182 Å². The van der Waals surface area contributed by atoms with Crippen LogP contribution >= 0.6 is 0 Å². The number of carbonyl (C=O) groups is 2. The molecule has 4 nitrogen and oxygen atoms in total. The highest BCUT2D eigenvalue weighted by atomic mass is 19.2. The number of unbranched alkanes of at least 4 members (excludes halogenated alkanes) is 4. The Morgan fingerprint density at radius 3 is 1.75 bits per heavy atom. The number of halogens is 5. The molecule has 32 heavy (non-hydrogen) atoms. The highest BCUT2D eigenvalue weighted by molar-refractivity contribution is 5.93. The minimum absolute atomic E-state index is 0.0863. The first-order valence-electron chi connectivity index (χ1n) is 10.2. The molecule has 0 amide bonds. The van der Waals surface area contributed by atoms with Crippen molar-refractivity contribution in [2.45, 2.75) is 52.1 Å². The number of carbonyl (C=O) groups excluding carboxylic acids is 2. The summed E-state index contributed by atoms with van der Waals surface area (Å²) in [5, 5.41) is 0. The van der Waals surface area contributed by atoms with Crippen molar-refractivity contribution in [3.8, 4) is 0 Å². The van der Waals surface area contributed by atoms with Crippen molar-refractivity contribution in [2.24, 2.45) is 0 Å². The molecule has 0 aromatic heterocycles. The zero-order valence-electron chi connectivity index (χ0n) is 17.7. The predicted molar refractivity (Wildman–Crippen MR) is 106 cm³/mol. The highest BCUT2D eigenvalue weighted by Gasteiger charge is 2.30. The molecule has 1 unspecified atom stereocenters. The molecule has 0 spiro atoms. The molecule has 0 fully saturated rings. The van der Waals surface area contributed by atoms with E-state index in [4.69, 9.17) is 9.47 Å². The van der Waals surface area contributed by atoms with Crippen LogP contribution < -0.4 is 0 Å². The molecule has 0 aliphatic carbocycles. The van der Waals surface area contributed by atoms with E-state index < -0.39 is 52.7 Å². The van der Waals surface area contributed by atoms with Gasteiger partial charge in [-0.2, -0.15) is 0 Å². The molecular weight excluding hydrogens is 435 g/mol. The summed E-state index contributed by atoms with van der Waals surface area (Å²) in [6.45, 7) is 3.34. The highest BCUT2D eigenvalue weighted by Crippen LogP contribution is 2.30. The maximum Gasteiger partial charge on any atom is 0.338 e. The summed E-state index contributed by atoms with van der Waals surface area (Å²) in [6, 6.07) is 5.06. The lowest BCUT2D eigenvalue weighted by Gasteiger charge is -2.16. The smallest absolute Gasteiger partial charge is 0.338 e. The average molecular weight is 458 g/mol. The van der Waals surface area contributed by atoms with Gasteiger partial charge < -0.3 is 9.47 Å². The van der Waals surface area contributed by atoms with Crippen LogP contribution in [0, 0.1) is 29.1 Å². The van der Waals surface area contributed by atoms with Gasteiger partial charge in [0, 0.05) is 0 Å². The Morgan fingerprint density at radius 2 is 1.22 bits per heavy atom. The summed E-state index contributed by atoms with van der Waals surface area (Å²) in [4.78, 5) is 24.2. The molecule has 0 aliphatic heterocycles. The maximum absolute atomic E-state index is 13.9. The van der Waals surface area contributed by atoms with E-state index in [1.54, 1.807) is 0 Å². The number of esters is 2. The molecule has 2 rings (SSSR count). The van der Waals surface area contributed by atoms with Crippen molar-refractivity contribution in [1.29, 1.82) is 0 Å². The Kier molecular flexibility index (Phi) is 9.16. The van der Waals surface area contributed by atoms with E-state index in [0.29, 0.717) is 0 Å². The van der Waals surface area contributed by atoms with E-state index in [-0.39, 0.29) is 17.7 Å². The van der Waals surface area contributed by atoms with Crippen LogP contribution in [0.4, 0.5) is 22.0 Å². The van der Waals surface area contributed by atoms with Gasteiger partial charge in [0.25, 0.3) is 0 Å². The summed E-state index contributed by atoms with van der Waals surface area (Å²) in [6.07, 6.45) is 3.22. The minimum atomic E-state index is -2.30. The van der Waals surface area contributed by atoms with Gasteiger partial charge in [0.15, 0.2) is 23.3 Å². The van der Waals surface area contributed by atoms with Crippen molar-refractivity contribution in [3.63, 3.8) is 0 Å². The SMILES string of the molecule is CCCCCCCOC(=O)c1ccc(C(=O)OC(C)c2c(F)c(F)c(F)c(F)c2F)cc1. The second-order valence-electron chi connectivity index (χ2n) is 7.16. The van der Waals surface area contributed by atoms with Crippen molar-refractivity contribution in [3.05, 3.63) is 70.0 Å². The van der Waals surface area contributed by atoms with Gasteiger partial charge in [0.2, 0.25) is 5.82 Å². The van der Waals surface area contributed by atoms with E-state index in [1.165, 1.54) is 24.3 Å². The van der Waals surface area contributed by atoms with Gasteiger partial charge in [0.1, 0.15) is 6.10 Å². The minimum Gasteiger partial charge on any atom is -0.462 e. The molecule has 0 saturated carbocycles. The van der Waals surface area contributed by atoms with Crippen LogP contribution in [0.5, 0.6) is 0 Å². The van der Waals surface area contributed by atoms with E-state index in [0.717, 1.165) is 39.0 Å². The molecule has 0 bridgehead atoms. The molecule has 1 atom stereocenters. The van der Waals surface area contributed by atoms with Crippen LogP contribution in [0.15, 0.2) is 24.3 Å². The zero-order valence-corrected chi connectivity index (χ0v) is 17.7. The molecule has 9 heteroatoms. The van der Waals surface area contributed by atoms with E-state index >= 15 is 0 Å². The molecule has 0 saturated heterocycles. The molecular formula is C23H23F5O4. The van der Waals surface area contributed by atoms with Crippen LogP contribution in [0.3, 0.4) is 0 Å². The van der Waals surface area contributed by atoms with Gasteiger partial charge in [-0.05, 0) is 37.6 Å². The van der Waals surface area contributed by atoms with E-state index in [2.05, 4.69) is 6.92 Å². The normalized spacial score (nSPS) is 11.8. The van der Waals surface area contributed by atoms with Crippen LogP contribution in [-0.4, -0.2) is 18.5 Å². The van der Waals surface area contributed by atoms with Crippen LogP contribution in [-0.2, 0) is 9.47 Å². The molecule has 0 heterocycles. The summed E-state index contributed by atoms with van der Waals surface area (Å²) >= 11 is 0. The lowest BCUT2D eigenvalue weighted by atomic mass is 10.1. The third-order valence-electron chi connectivity index (χ3n) is 4.77. The molecule has 0 aliphatic rings. The number of benzene rings is 2. The van der Waals surface area contributed by atoms with Gasteiger partial charge >= 0.3 is 11.9 Å². The molecule has 0 N–H and O–H groups in total. The fourth-order valence-corrected chi connectivity index (χ4v) is 2.96. The number of hydrogen-bond acceptors (Lipinski definition) is 4. The van der Waals surface area contributed by atoms with Crippen molar-refractivity contribution in [1.82, 2.24) is 0 Å². The van der Waals surface area contributed by atoms with Crippen LogP contribution in [0.2, 0.25) is 0 Å². The van der Waals surface area contributed by atoms with Gasteiger partial charge in [0.05, 0.1) is 23.3 Å². The molecule has 2 aromatic rings. The largest absolute Gasteiger partial charge is 0.462 e. The van der Waals surface area contributed by atoms with Crippen molar-refractivity contribution in [2.75, 3.05) is 6.61 Å². The first-order valence-corrected chi connectivity index (χ1v) is 10.2. The molecule has 174 valence electrons. The van der Waals surface area contributed by atoms with Crippen molar-refractivity contribution >= 4 is 11.9 Å². The fraction of sp³-hybridized carbons (Fsp3) is 0.391. The van der Waals surface area contributed by atoms with Gasteiger partial charge in [-0.25, -0.2) is 31.5 Å². The Morgan fingerprint density at radius 1 is 0.750 bits per heavy atom. The molecule has 2 aromatic carbocycles. The summed E-state index contributed by atoms with van der Waals surface area (Å²) in [5.74, 6) is -12.4. The Hall–Kier alpha value is -2.97. The monoisotopic (exact) mass is 458 g/mol. The number of rotatable bonds is 10. The third kappa shape index (κ3) is 6.05. The van der Waals surface area contributed by atoms with E-state index in [1.807, 2.05) is 0 Å². The number of hydrogen-bond donors (Lipinski definition) is 0. The quantitative estimate of drug-likeness (QED) is 0.135. The second-order valence-corrected chi connectivity index (χ2v) is 7.16. The topological polar surface area (TPSA) is 52.6 Å². The number of ether oxygens (including phenoxy) is 2. The lowest BCUT2D eigenvalue weighted by Crippen LogP contribution is -2.15. The van der Waals surface area contributed by atoms with Gasteiger partial charge in [-0.3, -0.25) is 0 Å². The van der Waals surface area contributed by atoms with Gasteiger partial charge in [-0.1, -0.05) is 32.6 Å². The van der Waals surface area contributed by atoms with Crippen molar-refractivity contribution < 1.29 is 41.0 Å². The molecule has 0 radical (unpaired) electrons. The Bertz CT molecular complexity index is 931. The first-order chi connectivity index (χ1) is 15.2. The lowest BCUT2D eigenvalue weighted by molar-refractivity contribution is 0.0318. The van der Waals surface area contributed by atoms with Crippen LogP contribution in [0.25, 0.3) is 0 Å². The second kappa shape index (κ2) is 11.6. The summed E-state index contributed by atoms with van der Waals surface area (Å²) in [5.41, 5.74) is -1.16. The third-order valence-corrected chi connectivity index (χ3v) is 4.77. The standard InChI is InChI=1S/C23H23F5O4/c1-3-4-5-6-7-12-31-22(29)14-8-10-15(11-9-14)23(30)32-13(2)16-17(24)19(26)21(28)20(27)18(16)25/h8-11,13H,3-7,12H2,1-2H3. The maximum atomic E-state index is 13.9. The predicted octanol–water partition coefficient (Wildman–Crippen LogP) is 6.43. The Balaban J connectivity index is 1.99. The summed E-state index contributed by atoms with van der Waals surface area (Å²) < 4.78 is 77.6. The van der Waals surface area contributed by atoms with Gasteiger partial charge in [-0.15, -0.1) is 0 Å². The average Bonchev–Trinajstić information content (AvgIpc) is 2.78. The zero-order chi connectivity index (χ0) is 23.8. The first kappa shape index (κ1) is 25.3. The summed E-state index contributed by atoms with van der Waals surface area (Å²) in [7, 11) is 0. The van der Waals surface area contributed by atoms with Crippen LogP contribution in [0.1, 0.15) is 78.3 Å².